The quantitative estimate of drug-likeness (QED) is 0.903. The Balaban J connectivity index is 1.47. The van der Waals surface area contributed by atoms with Crippen molar-refractivity contribution >= 4 is 5.91 Å². The van der Waals surface area contributed by atoms with Crippen LogP contribution in [-0.2, 0) is 4.79 Å². The van der Waals surface area contributed by atoms with Crippen molar-refractivity contribution < 1.29 is 4.79 Å². The lowest BCUT2D eigenvalue weighted by atomic mass is 10.0. The second-order valence-electron chi connectivity index (χ2n) is 6.26. The predicted octanol–water partition coefficient (Wildman–Crippen LogP) is 2.18. The molecule has 0 radical (unpaired) electrons. The summed E-state index contributed by atoms with van der Waals surface area (Å²) < 4.78 is 0. The van der Waals surface area contributed by atoms with Gasteiger partial charge in [-0.05, 0) is 49.9 Å². The summed E-state index contributed by atoms with van der Waals surface area (Å²) in [6, 6.07) is 4.55. The standard InChI is InChI=1S/C17H25N3O/c1-2-20-9-4-3-7-14(20)12-19-17(21)16-10-15(16)13-6-5-8-18-11-13/h5-6,8,11,14-16H,2-4,7,9-10,12H2,1H3,(H,19,21)/t14-,15-,16+/m1/s1. The van der Waals surface area contributed by atoms with Crippen molar-refractivity contribution in [3.8, 4) is 0 Å². The van der Waals surface area contributed by atoms with Crippen LogP contribution in [-0.4, -0.2) is 41.5 Å². The molecule has 0 unspecified atom stereocenters. The second kappa shape index (κ2) is 6.56. The Hall–Kier alpha value is -1.42. The number of likely N-dealkylation sites (N-methyl/N-ethyl adjacent to an activating group) is 1. The Morgan fingerprint density at radius 2 is 2.38 bits per heavy atom. The number of carbonyl (C=O) groups excluding carboxylic acids is 1. The van der Waals surface area contributed by atoms with E-state index in [9.17, 15) is 4.79 Å². The fourth-order valence-corrected chi connectivity index (χ4v) is 3.51. The van der Waals surface area contributed by atoms with Crippen LogP contribution in [0.25, 0.3) is 0 Å². The third kappa shape index (κ3) is 3.43. The summed E-state index contributed by atoms with van der Waals surface area (Å²) >= 11 is 0. The molecule has 1 aliphatic carbocycles. The largest absolute Gasteiger partial charge is 0.354 e. The molecule has 4 heteroatoms. The molecule has 1 N–H and O–H groups in total. The maximum Gasteiger partial charge on any atom is 0.223 e. The number of nitrogens with zero attached hydrogens (tertiary/aromatic N) is 2. The average molecular weight is 287 g/mol. The fourth-order valence-electron chi connectivity index (χ4n) is 3.51. The van der Waals surface area contributed by atoms with Crippen LogP contribution in [0, 0.1) is 5.92 Å². The van der Waals surface area contributed by atoms with Crippen LogP contribution in [0.2, 0.25) is 0 Å². The van der Waals surface area contributed by atoms with Gasteiger partial charge in [0.15, 0.2) is 0 Å². The highest BCUT2D eigenvalue weighted by atomic mass is 16.2. The van der Waals surface area contributed by atoms with E-state index in [1.807, 2.05) is 12.3 Å². The minimum absolute atomic E-state index is 0.160. The van der Waals surface area contributed by atoms with Crippen molar-refractivity contribution in [1.29, 1.82) is 0 Å². The molecule has 1 saturated heterocycles. The first-order valence-electron chi connectivity index (χ1n) is 8.21. The zero-order chi connectivity index (χ0) is 14.7. The molecule has 1 aromatic rings. The topological polar surface area (TPSA) is 45.2 Å². The van der Waals surface area contributed by atoms with Gasteiger partial charge in [-0.3, -0.25) is 14.7 Å². The molecule has 114 valence electrons. The van der Waals surface area contributed by atoms with Crippen LogP contribution < -0.4 is 5.32 Å². The molecule has 0 bridgehead atoms. The van der Waals surface area contributed by atoms with Gasteiger partial charge in [0.2, 0.25) is 5.91 Å². The highest BCUT2D eigenvalue weighted by molar-refractivity contribution is 5.82. The van der Waals surface area contributed by atoms with Gasteiger partial charge >= 0.3 is 0 Å². The minimum atomic E-state index is 0.160. The van der Waals surface area contributed by atoms with Crippen LogP contribution in [0.3, 0.4) is 0 Å². The van der Waals surface area contributed by atoms with Crippen LogP contribution >= 0.6 is 0 Å². The second-order valence-corrected chi connectivity index (χ2v) is 6.26. The summed E-state index contributed by atoms with van der Waals surface area (Å²) in [6.07, 6.45) is 8.44. The first-order valence-corrected chi connectivity index (χ1v) is 8.21. The lowest BCUT2D eigenvalue weighted by molar-refractivity contribution is -0.122. The lowest BCUT2D eigenvalue weighted by Crippen LogP contribution is -2.46. The van der Waals surface area contributed by atoms with E-state index in [2.05, 4.69) is 28.2 Å². The number of carbonyl (C=O) groups is 1. The van der Waals surface area contributed by atoms with Crippen molar-refractivity contribution in [2.24, 2.45) is 5.92 Å². The van der Waals surface area contributed by atoms with E-state index in [0.29, 0.717) is 12.0 Å². The van der Waals surface area contributed by atoms with Gasteiger partial charge in [0.25, 0.3) is 0 Å². The van der Waals surface area contributed by atoms with Gasteiger partial charge in [-0.2, -0.15) is 0 Å². The van der Waals surface area contributed by atoms with Gasteiger partial charge < -0.3 is 5.32 Å². The van der Waals surface area contributed by atoms with Gasteiger partial charge in [-0.15, -0.1) is 0 Å². The first-order chi connectivity index (χ1) is 10.3. The van der Waals surface area contributed by atoms with Gasteiger partial charge in [0.05, 0.1) is 0 Å². The van der Waals surface area contributed by atoms with Crippen molar-refractivity contribution in [2.75, 3.05) is 19.6 Å². The van der Waals surface area contributed by atoms with E-state index >= 15 is 0 Å². The van der Waals surface area contributed by atoms with Gasteiger partial charge in [0, 0.05) is 30.9 Å². The molecular formula is C17H25N3O. The normalized spacial score (nSPS) is 29.1. The number of hydrogen-bond donors (Lipinski definition) is 1. The van der Waals surface area contributed by atoms with Crippen LogP contribution in [0.1, 0.15) is 44.1 Å². The summed E-state index contributed by atoms with van der Waals surface area (Å²) in [7, 11) is 0. The fraction of sp³-hybridized carbons (Fsp3) is 0.647. The number of piperidine rings is 1. The molecule has 4 nitrogen and oxygen atoms in total. The van der Waals surface area contributed by atoms with Gasteiger partial charge in [0.1, 0.15) is 0 Å². The maximum absolute atomic E-state index is 12.3. The summed E-state index contributed by atoms with van der Waals surface area (Å²) in [5, 5.41) is 3.18. The maximum atomic E-state index is 12.3. The highest BCUT2D eigenvalue weighted by Gasteiger charge is 2.44. The van der Waals surface area contributed by atoms with Crippen LogP contribution in [0.4, 0.5) is 0 Å². The van der Waals surface area contributed by atoms with Crippen molar-refractivity contribution in [2.45, 2.75) is 44.6 Å². The van der Waals surface area contributed by atoms with Crippen LogP contribution in [0.5, 0.6) is 0 Å². The molecule has 1 saturated carbocycles. The third-order valence-electron chi connectivity index (χ3n) is 4.91. The van der Waals surface area contributed by atoms with Crippen molar-refractivity contribution in [1.82, 2.24) is 15.2 Å². The zero-order valence-corrected chi connectivity index (χ0v) is 12.8. The van der Waals surface area contributed by atoms with Gasteiger partial charge in [-0.1, -0.05) is 19.4 Å². The Kier molecular flexibility index (Phi) is 4.54. The number of hydrogen-bond acceptors (Lipinski definition) is 3. The number of aromatic nitrogens is 1. The molecule has 3 rings (SSSR count). The molecule has 1 aromatic heterocycles. The van der Waals surface area contributed by atoms with E-state index in [-0.39, 0.29) is 11.8 Å². The summed E-state index contributed by atoms with van der Waals surface area (Å²) in [5.41, 5.74) is 1.20. The number of amides is 1. The molecule has 2 heterocycles. The molecule has 2 fully saturated rings. The Morgan fingerprint density at radius 1 is 1.48 bits per heavy atom. The summed E-state index contributed by atoms with van der Waals surface area (Å²) in [4.78, 5) is 18.9. The number of likely N-dealkylation sites (tertiary alicyclic amines) is 1. The van der Waals surface area contributed by atoms with Crippen LogP contribution in [0.15, 0.2) is 24.5 Å². The molecule has 0 spiro atoms. The van der Waals surface area contributed by atoms with E-state index < -0.39 is 0 Å². The van der Waals surface area contributed by atoms with Gasteiger partial charge in [-0.25, -0.2) is 0 Å². The van der Waals surface area contributed by atoms with E-state index in [1.54, 1.807) is 6.20 Å². The molecule has 0 aromatic carbocycles. The summed E-state index contributed by atoms with van der Waals surface area (Å²) in [5.74, 6) is 0.769. The average Bonchev–Trinajstić information content (AvgIpc) is 3.34. The summed E-state index contributed by atoms with van der Waals surface area (Å²) in [6.45, 7) is 5.28. The minimum Gasteiger partial charge on any atom is -0.354 e. The molecule has 1 aliphatic heterocycles. The molecule has 21 heavy (non-hydrogen) atoms. The Bertz CT molecular complexity index is 476. The monoisotopic (exact) mass is 287 g/mol. The number of rotatable bonds is 5. The molecule has 3 atom stereocenters. The molecule has 2 aliphatic rings. The van der Waals surface area contributed by atoms with E-state index in [0.717, 1.165) is 19.5 Å². The SMILES string of the molecule is CCN1CCCC[C@@H]1CNC(=O)[C@H]1C[C@@H]1c1cccnc1. The van der Waals surface area contributed by atoms with Crippen molar-refractivity contribution in [3.63, 3.8) is 0 Å². The highest BCUT2D eigenvalue weighted by Crippen LogP contribution is 2.47. The number of pyridine rings is 1. The zero-order valence-electron chi connectivity index (χ0n) is 12.8. The Morgan fingerprint density at radius 3 is 3.14 bits per heavy atom. The predicted molar refractivity (Wildman–Crippen MR) is 83.0 cm³/mol. The lowest BCUT2D eigenvalue weighted by Gasteiger charge is -2.34. The molecule has 1 amide bonds. The number of nitrogens with one attached hydrogen (secondary N) is 1. The third-order valence-corrected chi connectivity index (χ3v) is 4.91. The van der Waals surface area contributed by atoms with Crippen molar-refractivity contribution in [3.05, 3.63) is 30.1 Å². The first kappa shape index (κ1) is 14.5. The van der Waals surface area contributed by atoms with E-state index in [1.165, 1.54) is 31.4 Å². The Labute approximate surface area is 126 Å². The smallest absolute Gasteiger partial charge is 0.223 e. The van der Waals surface area contributed by atoms with E-state index in [4.69, 9.17) is 0 Å². The molecular weight excluding hydrogens is 262 g/mol.